The smallest absolute Gasteiger partial charge is 0.220 e. The number of carbonyl (C=O) groups is 1. The van der Waals surface area contributed by atoms with Crippen LogP contribution in [0.2, 0.25) is 5.02 Å². The lowest BCUT2D eigenvalue weighted by molar-refractivity contribution is -0.121. The minimum absolute atomic E-state index is 0.137. The second-order valence-corrected chi connectivity index (χ2v) is 5.30. The van der Waals surface area contributed by atoms with Crippen molar-refractivity contribution in [1.82, 2.24) is 5.32 Å². The van der Waals surface area contributed by atoms with Gasteiger partial charge in [-0.15, -0.1) is 0 Å². The van der Waals surface area contributed by atoms with Crippen LogP contribution in [0, 0.1) is 0 Å². The zero-order valence-electron chi connectivity index (χ0n) is 10.4. The third-order valence-electron chi connectivity index (χ3n) is 3.27. The maximum atomic E-state index is 11.6. The van der Waals surface area contributed by atoms with Gasteiger partial charge in [-0.25, -0.2) is 0 Å². The highest BCUT2D eigenvalue weighted by Gasteiger charge is 2.23. The van der Waals surface area contributed by atoms with E-state index in [4.69, 9.17) is 17.3 Å². The molecule has 0 radical (unpaired) electrons. The summed E-state index contributed by atoms with van der Waals surface area (Å²) in [5, 5.41) is 3.71. The number of nitrogens with two attached hydrogens (primary N) is 1. The van der Waals surface area contributed by atoms with Crippen LogP contribution < -0.4 is 11.1 Å². The Morgan fingerprint density at radius 3 is 2.89 bits per heavy atom. The molecule has 3 N–H and O–H groups in total. The summed E-state index contributed by atoms with van der Waals surface area (Å²) >= 11 is 5.97. The molecule has 1 saturated carbocycles. The first-order valence-electron chi connectivity index (χ1n) is 6.44. The fourth-order valence-electron chi connectivity index (χ4n) is 2.01. The average molecular weight is 267 g/mol. The molecule has 0 heterocycles. The molecule has 1 aliphatic rings. The quantitative estimate of drug-likeness (QED) is 0.831. The van der Waals surface area contributed by atoms with Gasteiger partial charge in [-0.1, -0.05) is 23.7 Å². The van der Waals surface area contributed by atoms with Gasteiger partial charge in [-0.05, 0) is 49.4 Å². The lowest BCUT2D eigenvalue weighted by Crippen LogP contribution is -2.26. The SMILES string of the molecule is NCC(CCC(=O)NC1CC1)c1cccc(Cl)c1. The molecular formula is C14H19ClN2O. The van der Waals surface area contributed by atoms with Crippen molar-refractivity contribution in [3.8, 4) is 0 Å². The van der Waals surface area contributed by atoms with E-state index in [2.05, 4.69) is 5.32 Å². The summed E-state index contributed by atoms with van der Waals surface area (Å²) in [7, 11) is 0. The third-order valence-corrected chi connectivity index (χ3v) is 3.50. The Balaban J connectivity index is 1.86. The van der Waals surface area contributed by atoms with Crippen LogP contribution in [-0.4, -0.2) is 18.5 Å². The molecule has 1 fully saturated rings. The summed E-state index contributed by atoms with van der Waals surface area (Å²) in [5.74, 6) is 0.339. The Morgan fingerprint density at radius 1 is 1.50 bits per heavy atom. The number of hydrogen-bond donors (Lipinski definition) is 2. The van der Waals surface area contributed by atoms with Crippen molar-refractivity contribution in [3.63, 3.8) is 0 Å². The first kappa shape index (κ1) is 13.4. The van der Waals surface area contributed by atoms with E-state index >= 15 is 0 Å². The first-order chi connectivity index (χ1) is 8.69. The van der Waals surface area contributed by atoms with Gasteiger partial charge >= 0.3 is 0 Å². The van der Waals surface area contributed by atoms with Gasteiger partial charge in [0.1, 0.15) is 0 Å². The highest BCUT2D eigenvalue weighted by Crippen LogP contribution is 2.24. The fraction of sp³-hybridized carbons (Fsp3) is 0.500. The molecule has 0 aliphatic heterocycles. The van der Waals surface area contributed by atoms with E-state index in [1.807, 2.05) is 24.3 Å². The Kier molecular flexibility index (Phi) is 4.61. The summed E-state index contributed by atoms with van der Waals surface area (Å²) in [6.45, 7) is 0.539. The largest absolute Gasteiger partial charge is 0.353 e. The highest BCUT2D eigenvalue weighted by atomic mass is 35.5. The van der Waals surface area contributed by atoms with Gasteiger partial charge < -0.3 is 11.1 Å². The van der Waals surface area contributed by atoms with Crippen LogP contribution in [0.3, 0.4) is 0 Å². The van der Waals surface area contributed by atoms with E-state index in [-0.39, 0.29) is 11.8 Å². The van der Waals surface area contributed by atoms with Crippen LogP contribution in [-0.2, 0) is 4.79 Å². The molecule has 2 rings (SSSR count). The van der Waals surface area contributed by atoms with Crippen molar-refractivity contribution in [1.29, 1.82) is 0 Å². The predicted molar refractivity (Wildman–Crippen MR) is 73.6 cm³/mol. The van der Waals surface area contributed by atoms with Crippen molar-refractivity contribution in [2.24, 2.45) is 5.73 Å². The van der Waals surface area contributed by atoms with E-state index < -0.39 is 0 Å². The number of halogens is 1. The summed E-state index contributed by atoms with van der Waals surface area (Å²) in [4.78, 5) is 11.6. The van der Waals surface area contributed by atoms with Gasteiger partial charge in [0.25, 0.3) is 0 Å². The second-order valence-electron chi connectivity index (χ2n) is 4.87. The van der Waals surface area contributed by atoms with Gasteiger partial charge in [-0.3, -0.25) is 4.79 Å². The third kappa shape index (κ3) is 4.00. The van der Waals surface area contributed by atoms with E-state index in [0.717, 1.165) is 24.8 Å². The monoisotopic (exact) mass is 266 g/mol. The number of hydrogen-bond acceptors (Lipinski definition) is 2. The van der Waals surface area contributed by atoms with Crippen molar-refractivity contribution in [2.45, 2.75) is 37.6 Å². The fourth-order valence-corrected chi connectivity index (χ4v) is 2.21. The van der Waals surface area contributed by atoms with E-state index in [1.165, 1.54) is 0 Å². The summed E-state index contributed by atoms with van der Waals surface area (Å²) in [6, 6.07) is 8.14. The maximum absolute atomic E-state index is 11.6. The van der Waals surface area contributed by atoms with E-state index in [1.54, 1.807) is 0 Å². The van der Waals surface area contributed by atoms with E-state index in [0.29, 0.717) is 24.0 Å². The molecule has 0 spiro atoms. The van der Waals surface area contributed by atoms with Gasteiger partial charge in [0.2, 0.25) is 5.91 Å². The number of nitrogens with one attached hydrogen (secondary N) is 1. The molecule has 18 heavy (non-hydrogen) atoms. The molecule has 4 heteroatoms. The maximum Gasteiger partial charge on any atom is 0.220 e. The molecule has 0 bridgehead atoms. The average Bonchev–Trinajstić information content (AvgIpc) is 3.14. The van der Waals surface area contributed by atoms with Crippen LogP contribution in [0.5, 0.6) is 0 Å². The van der Waals surface area contributed by atoms with Gasteiger partial charge in [0.05, 0.1) is 0 Å². The molecule has 1 aromatic carbocycles. The molecular weight excluding hydrogens is 248 g/mol. The van der Waals surface area contributed by atoms with Crippen LogP contribution in [0.15, 0.2) is 24.3 Å². The molecule has 1 aromatic rings. The van der Waals surface area contributed by atoms with Gasteiger partial charge in [0, 0.05) is 17.5 Å². The lowest BCUT2D eigenvalue weighted by Gasteiger charge is -2.15. The molecule has 3 nitrogen and oxygen atoms in total. The van der Waals surface area contributed by atoms with E-state index in [9.17, 15) is 4.79 Å². The number of rotatable bonds is 6. The Labute approximate surface area is 113 Å². The highest BCUT2D eigenvalue weighted by molar-refractivity contribution is 6.30. The topological polar surface area (TPSA) is 55.1 Å². The Hall–Kier alpha value is -1.06. The van der Waals surface area contributed by atoms with Crippen molar-refractivity contribution < 1.29 is 4.79 Å². The zero-order chi connectivity index (χ0) is 13.0. The van der Waals surface area contributed by atoms with Crippen LogP contribution in [0.1, 0.15) is 37.2 Å². The van der Waals surface area contributed by atoms with Crippen LogP contribution in [0.4, 0.5) is 0 Å². The summed E-state index contributed by atoms with van der Waals surface area (Å²) in [6.07, 6.45) is 3.56. The second kappa shape index (κ2) is 6.21. The van der Waals surface area contributed by atoms with Crippen LogP contribution >= 0.6 is 11.6 Å². The molecule has 98 valence electrons. The van der Waals surface area contributed by atoms with Crippen molar-refractivity contribution in [3.05, 3.63) is 34.9 Å². The minimum atomic E-state index is 0.137. The minimum Gasteiger partial charge on any atom is -0.353 e. The van der Waals surface area contributed by atoms with Gasteiger partial charge in [-0.2, -0.15) is 0 Å². The zero-order valence-corrected chi connectivity index (χ0v) is 11.1. The van der Waals surface area contributed by atoms with Gasteiger partial charge in [0.15, 0.2) is 0 Å². The lowest BCUT2D eigenvalue weighted by atomic mass is 9.94. The van der Waals surface area contributed by atoms with Crippen LogP contribution in [0.25, 0.3) is 0 Å². The molecule has 0 aromatic heterocycles. The van der Waals surface area contributed by atoms with Crippen molar-refractivity contribution in [2.75, 3.05) is 6.54 Å². The number of benzene rings is 1. The molecule has 1 aliphatic carbocycles. The molecule has 1 unspecified atom stereocenters. The molecule has 1 atom stereocenters. The Morgan fingerprint density at radius 2 is 2.28 bits per heavy atom. The first-order valence-corrected chi connectivity index (χ1v) is 6.81. The summed E-state index contributed by atoms with van der Waals surface area (Å²) < 4.78 is 0. The normalized spacial score (nSPS) is 16.3. The number of amides is 1. The summed E-state index contributed by atoms with van der Waals surface area (Å²) in [5.41, 5.74) is 6.89. The van der Waals surface area contributed by atoms with Crippen molar-refractivity contribution >= 4 is 17.5 Å². The number of carbonyl (C=O) groups excluding carboxylic acids is 1. The Bertz CT molecular complexity index is 418. The predicted octanol–water partition coefficient (Wildman–Crippen LogP) is 2.44. The molecule has 1 amide bonds. The standard InChI is InChI=1S/C14H19ClN2O/c15-12-3-1-2-10(8-12)11(9-16)4-7-14(18)17-13-5-6-13/h1-3,8,11,13H,4-7,9,16H2,(H,17,18). The molecule has 0 saturated heterocycles.